The highest BCUT2D eigenvalue weighted by Crippen LogP contribution is 2.29. The van der Waals surface area contributed by atoms with E-state index in [1.54, 1.807) is 0 Å². The average molecular weight is 421 g/mol. The molecule has 3 aromatic rings. The Morgan fingerprint density at radius 2 is 1.90 bits per heavy atom. The van der Waals surface area contributed by atoms with Gasteiger partial charge in [-0.05, 0) is 44.2 Å². The first-order valence-corrected chi connectivity index (χ1v) is 10.3. The van der Waals surface area contributed by atoms with Crippen molar-refractivity contribution in [2.24, 2.45) is 0 Å². The van der Waals surface area contributed by atoms with Gasteiger partial charge in [0.2, 0.25) is 0 Å². The maximum atomic E-state index is 13.1. The van der Waals surface area contributed by atoms with Crippen LogP contribution in [0, 0.1) is 5.82 Å². The van der Waals surface area contributed by atoms with Crippen LogP contribution < -0.4 is 5.32 Å². The Hall–Kier alpha value is -3.32. The van der Waals surface area contributed by atoms with Gasteiger partial charge in [0.15, 0.2) is 6.61 Å². The number of hydrogen-bond acceptors (Lipinski definition) is 5. The zero-order chi connectivity index (χ0) is 22.0. The predicted molar refractivity (Wildman–Crippen MR) is 116 cm³/mol. The maximum absolute atomic E-state index is 13.1. The number of fused-ring (bicyclic) bond motifs is 2. The summed E-state index contributed by atoms with van der Waals surface area (Å²) in [5.41, 5.74) is 3.41. The number of ether oxygens (including phenoxy) is 1. The predicted octanol–water partition coefficient (Wildman–Crippen LogP) is 3.94. The number of nitrogens with zero attached hydrogens (tertiary/aromatic N) is 2. The fourth-order valence-electron chi connectivity index (χ4n) is 3.82. The van der Waals surface area contributed by atoms with E-state index in [9.17, 15) is 14.0 Å². The number of hydrogen-bond donors (Lipinski definition) is 1. The van der Waals surface area contributed by atoms with Gasteiger partial charge in [0.05, 0.1) is 11.1 Å². The van der Waals surface area contributed by atoms with Crippen LogP contribution in [0.2, 0.25) is 0 Å². The molecule has 0 bridgehead atoms. The van der Waals surface area contributed by atoms with Gasteiger partial charge in [-0.1, -0.05) is 18.2 Å². The first kappa shape index (κ1) is 20.9. The molecule has 160 valence electrons. The van der Waals surface area contributed by atoms with Crippen molar-refractivity contribution in [1.29, 1.82) is 0 Å². The Labute approximate surface area is 180 Å². The van der Waals surface area contributed by atoms with Gasteiger partial charge >= 0.3 is 5.97 Å². The van der Waals surface area contributed by atoms with Crippen LogP contribution >= 0.6 is 0 Å². The van der Waals surface area contributed by atoms with E-state index in [-0.39, 0.29) is 0 Å². The Morgan fingerprint density at radius 1 is 1.16 bits per heavy atom. The van der Waals surface area contributed by atoms with E-state index in [0.717, 1.165) is 35.1 Å². The van der Waals surface area contributed by atoms with E-state index < -0.39 is 24.3 Å². The normalized spacial score (nSPS) is 13.8. The number of halogens is 1. The number of aromatic nitrogens is 1. The number of benzene rings is 2. The van der Waals surface area contributed by atoms with Gasteiger partial charge < -0.3 is 10.1 Å². The molecule has 2 heterocycles. The summed E-state index contributed by atoms with van der Waals surface area (Å²) in [5.74, 6) is -1.43. The van der Waals surface area contributed by atoms with Crippen molar-refractivity contribution in [3.8, 4) is 0 Å². The van der Waals surface area contributed by atoms with Gasteiger partial charge in [0.1, 0.15) is 5.82 Å². The fourth-order valence-corrected chi connectivity index (χ4v) is 3.82. The molecule has 0 radical (unpaired) electrons. The second-order valence-corrected chi connectivity index (χ2v) is 7.87. The van der Waals surface area contributed by atoms with Crippen molar-refractivity contribution in [2.75, 3.05) is 18.5 Å². The highest BCUT2D eigenvalue weighted by molar-refractivity contribution is 6.06. The van der Waals surface area contributed by atoms with E-state index in [1.807, 2.05) is 24.3 Å². The Balaban J connectivity index is 1.57. The second kappa shape index (κ2) is 8.81. The van der Waals surface area contributed by atoms with Crippen LogP contribution in [0.1, 0.15) is 35.5 Å². The minimum atomic E-state index is -0.547. The van der Waals surface area contributed by atoms with Crippen molar-refractivity contribution in [3.05, 3.63) is 71.2 Å². The standard InChI is InChI=1S/C24H24FN3O3/c1-15(2)28-12-11-21-19(13-28)23(18-5-3-4-6-20(18)27-21)24(30)31-14-22(29)26-17-9-7-16(25)8-10-17/h3-10,15H,11-14H2,1-2H3,(H,26,29). The molecule has 1 aliphatic rings. The third-order valence-electron chi connectivity index (χ3n) is 5.47. The molecular formula is C24H24FN3O3. The second-order valence-electron chi connectivity index (χ2n) is 7.87. The number of anilines is 1. The molecule has 4 rings (SSSR count). The Kier molecular flexibility index (Phi) is 5.95. The quantitative estimate of drug-likeness (QED) is 0.632. The van der Waals surface area contributed by atoms with E-state index in [2.05, 4.69) is 24.1 Å². The van der Waals surface area contributed by atoms with E-state index in [0.29, 0.717) is 23.8 Å². The third kappa shape index (κ3) is 4.56. The Bertz CT molecular complexity index is 1130. The third-order valence-corrected chi connectivity index (χ3v) is 5.47. The highest BCUT2D eigenvalue weighted by atomic mass is 19.1. The highest BCUT2D eigenvalue weighted by Gasteiger charge is 2.27. The monoisotopic (exact) mass is 421 g/mol. The molecule has 0 saturated carbocycles. The average Bonchev–Trinajstić information content (AvgIpc) is 2.77. The van der Waals surface area contributed by atoms with Gasteiger partial charge in [-0.3, -0.25) is 14.7 Å². The summed E-state index contributed by atoms with van der Waals surface area (Å²) in [6.45, 7) is 5.30. The van der Waals surface area contributed by atoms with Gasteiger partial charge in [-0.2, -0.15) is 0 Å². The zero-order valence-corrected chi connectivity index (χ0v) is 17.5. The lowest BCUT2D eigenvalue weighted by atomic mass is 9.95. The molecule has 0 atom stereocenters. The lowest BCUT2D eigenvalue weighted by molar-refractivity contribution is -0.119. The SMILES string of the molecule is CC(C)N1CCc2nc3ccccc3c(C(=O)OCC(=O)Nc3ccc(F)cc3)c2C1. The van der Waals surface area contributed by atoms with Crippen molar-refractivity contribution in [1.82, 2.24) is 9.88 Å². The molecular weight excluding hydrogens is 397 g/mol. The minimum absolute atomic E-state index is 0.338. The minimum Gasteiger partial charge on any atom is -0.452 e. The molecule has 2 aromatic carbocycles. The summed E-state index contributed by atoms with van der Waals surface area (Å²) in [7, 11) is 0. The van der Waals surface area contributed by atoms with Crippen molar-refractivity contribution < 1.29 is 18.7 Å². The van der Waals surface area contributed by atoms with Crippen molar-refractivity contribution in [3.63, 3.8) is 0 Å². The lowest BCUT2D eigenvalue weighted by Crippen LogP contribution is -2.37. The molecule has 0 unspecified atom stereocenters. The summed E-state index contributed by atoms with van der Waals surface area (Å²) >= 11 is 0. The zero-order valence-electron chi connectivity index (χ0n) is 17.5. The molecule has 1 aromatic heterocycles. The first-order valence-electron chi connectivity index (χ1n) is 10.3. The van der Waals surface area contributed by atoms with E-state index in [1.165, 1.54) is 24.3 Å². The summed E-state index contributed by atoms with van der Waals surface area (Å²) in [4.78, 5) is 32.4. The van der Waals surface area contributed by atoms with Crippen molar-refractivity contribution >= 4 is 28.5 Å². The molecule has 0 spiro atoms. The van der Waals surface area contributed by atoms with Gasteiger partial charge in [0.25, 0.3) is 5.91 Å². The smallest absolute Gasteiger partial charge is 0.339 e. The number of nitrogens with one attached hydrogen (secondary N) is 1. The topological polar surface area (TPSA) is 71.5 Å². The van der Waals surface area contributed by atoms with Crippen LogP contribution in [0.4, 0.5) is 10.1 Å². The summed E-state index contributed by atoms with van der Waals surface area (Å²) in [5, 5.41) is 3.31. The molecule has 31 heavy (non-hydrogen) atoms. The van der Waals surface area contributed by atoms with Crippen LogP contribution in [0.5, 0.6) is 0 Å². The van der Waals surface area contributed by atoms with Gasteiger partial charge in [-0.25, -0.2) is 9.18 Å². The first-order chi connectivity index (χ1) is 14.9. The van der Waals surface area contributed by atoms with Crippen LogP contribution in [0.25, 0.3) is 10.9 Å². The fraction of sp³-hybridized carbons (Fsp3) is 0.292. The summed E-state index contributed by atoms with van der Waals surface area (Å²) < 4.78 is 18.4. The molecule has 1 aliphatic heterocycles. The number of pyridine rings is 1. The van der Waals surface area contributed by atoms with Crippen LogP contribution in [0.3, 0.4) is 0 Å². The maximum Gasteiger partial charge on any atom is 0.339 e. The lowest BCUT2D eigenvalue weighted by Gasteiger charge is -2.32. The molecule has 0 saturated heterocycles. The number of rotatable bonds is 5. The number of carbonyl (C=O) groups is 2. The molecule has 0 aliphatic carbocycles. The van der Waals surface area contributed by atoms with Crippen LogP contribution in [-0.2, 0) is 22.5 Å². The Morgan fingerprint density at radius 3 is 2.65 bits per heavy atom. The van der Waals surface area contributed by atoms with Crippen LogP contribution in [-0.4, -0.2) is 41.0 Å². The summed E-state index contributed by atoms with van der Waals surface area (Å²) in [6.07, 6.45) is 0.754. The van der Waals surface area contributed by atoms with E-state index >= 15 is 0 Å². The van der Waals surface area contributed by atoms with Crippen LogP contribution in [0.15, 0.2) is 48.5 Å². The molecule has 0 fully saturated rings. The number of carbonyl (C=O) groups excluding carboxylic acids is 2. The number of amides is 1. The van der Waals surface area contributed by atoms with Gasteiger partial charge in [-0.15, -0.1) is 0 Å². The van der Waals surface area contributed by atoms with Gasteiger partial charge in [0, 0.05) is 47.9 Å². The molecule has 6 nitrogen and oxygen atoms in total. The van der Waals surface area contributed by atoms with E-state index in [4.69, 9.17) is 9.72 Å². The number of para-hydroxylation sites is 1. The largest absolute Gasteiger partial charge is 0.452 e. The van der Waals surface area contributed by atoms with Crippen molar-refractivity contribution in [2.45, 2.75) is 32.9 Å². The number of esters is 1. The molecule has 1 amide bonds. The molecule has 7 heteroatoms. The summed E-state index contributed by atoms with van der Waals surface area (Å²) in [6, 6.07) is 13.2. The molecule has 1 N–H and O–H groups in total.